The Balaban J connectivity index is 1.57. The number of amides is 2. The second-order valence-corrected chi connectivity index (χ2v) is 6.41. The molecule has 1 atom stereocenters. The van der Waals surface area contributed by atoms with Crippen LogP contribution < -0.4 is 15.4 Å². The van der Waals surface area contributed by atoms with Gasteiger partial charge in [-0.05, 0) is 32.4 Å². The summed E-state index contributed by atoms with van der Waals surface area (Å²) in [5.74, 6) is 1.63. The number of benzene rings is 1. The predicted molar refractivity (Wildman–Crippen MR) is 91.5 cm³/mol. The van der Waals surface area contributed by atoms with Gasteiger partial charge >= 0.3 is 6.03 Å². The van der Waals surface area contributed by atoms with Crippen LogP contribution in [-0.2, 0) is 13.0 Å². The number of urea groups is 1. The van der Waals surface area contributed by atoms with Crippen molar-refractivity contribution in [3.05, 3.63) is 35.4 Å². The van der Waals surface area contributed by atoms with Crippen molar-refractivity contribution in [1.29, 1.82) is 0 Å². The normalized spacial score (nSPS) is 16.6. The molecule has 0 unspecified atom stereocenters. The molecule has 24 heavy (non-hydrogen) atoms. The minimum absolute atomic E-state index is 0.0153. The first-order valence-corrected chi connectivity index (χ1v) is 8.29. The standard InChI is InChI=1S/C16H20ClN5O2/c1-10(2)24-12-4-5-14(13(17)7-12)21-16(23)20-11-3-6-15-18-9-19-22(15)8-11/h4-5,7,9-11H,3,6,8H2,1-2H3,(H2,20,21,23)/t11-/m1/s1. The number of aromatic nitrogens is 3. The highest BCUT2D eigenvalue weighted by atomic mass is 35.5. The molecule has 0 fully saturated rings. The number of hydrogen-bond donors (Lipinski definition) is 2. The van der Waals surface area contributed by atoms with Crippen molar-refractivity contribution in [2.75, 3.05) is 5.32 Å². The van der Waals surface area contributed by atoms with Crippen molar-refractivity contribution in [3.63, 3.8) is 0 Å². The Morgan fingerprint density at radius 1 is 1.46 bits per heavy atom. The first-order chi connectivity index (χ1) is 11.5. The lowest BCUT2D eigenvalue weighted by atomic mass is 10.1. The van der Waals surface area contributed by atoms with Gasteiger partial charge in [0.1, 0.15) is 17.9 Å². The zero-order chi connectivity index (χ0) is 17.1. The molecule has 2 N–H and O–H groups in total. The van der Waals surface area contributed by atoms with E-state index >= 15 is 0 Å². The van der Waals surface area contributed by atoms with Gasteiger partial charge in [-0.15, -0.1) is 0 Å². The van der Waals surface area contributed by atoms with Crippen molar-refractivity contribution in [2.24, 2.45) is 0 Å². The van der Waals surface area contributed by atoms with E-state index in [9.17, 15) is 4.79 Å². The van der Waals surface area contributed by atoms with Crippen LogP contribution in [0, 0.1) is 0 Å². The summed E-state index contributed by atoms with van der Waals surface area (Å²) in [5.41, 5.74) is 0.544. The number of anilines is 1. The van der Waals surface area contributed by atoms with Gasteiger partial charge in [-0.3, -0.25) is 0 Å². The minimum atomic E-state index is -0.289. The third-order valence-electron chi connectivity index (χ3n) is 3.70. The molecule has 2 heterocycles. The summed E-state index contributed by atoms with van der Waals surface area (Å²) in [4.78, 5) is 16.4. The topological polar surface area (TPSA) is 81.1 Å². The lowest BCUT2D eigenvalue weighted by Crippen LogP contribution is -2.43. The summed E-state index contributed by atoms with van der Waals surface area (Å²) in [6, 6.07) is 4.93. The number of carbonyl (C=O) groups is 1. The second-order valence-electron chi connectivity index (χ2n) is 6.00. The lowest BCUT2D eigenvalue weighted by Gasteiger charge is -2.23. The molecular formula is C16H20ClN5O2. The van der Waals surface area contributed by atoms with Gasteiger partial charge in [-0.2, -0.15) is 5.10 Å². The van der Waals surface area contributed by atoms with Gasteiger partial charge in [0.25, 0.3) is 0 Å². The van der Waals surface area contributed by atoms with Crippen LogP contribution in [0.3, 0.4) is 0 Å². The summed E-state index contributed by atoms with van der Waals surface area (Å²) in [6.07, 6.45) is 3.24. The predicted octanol–water partition coefficient (Wildman–Crippen LogP) is 2.86. The average molecular weight is 350 g/mol. The van der Waals surface area contributed by atoms with E-state index in [4.69, 9.17) is 16.3 Å². The molecule has 8 heteroatoms. The second kappa shape index (κ2) is 7.09. The number of nitrogens with zero attached hydrogens (tertiary/aromatic N) is 3. The van der Waals surface area contributed by atoms with Crippen LogP contribution in [0.5, 0.6) is 5.75 Å². The lowest BCUT2D eigenvalue weighted by molar-refractivity contribution is 0.241. The maximum absolute atomic E-state index is 12.2. The van der Waals surface area contributed by atoms with Gasteiger partial charge in [-0.25, -0.2) is 14.5 Å². The Bertz CT molecular complexity index is 731. The SMILES string of the molecule is CC(C)Oc1ccc(NC(=O)N[C@@H]2CCc3ncnn3C2)c(Cl)c1. The number of fused-ring (bicyclic) bond motifs is 1. The van der Waals surface area contributed by atoms with E-state index in [2.05, 4.69) is 20.7 Å². The Hall–Kier alpha value is -2.28. The molecule has 2 amide bonds. The summed E-state index contributed by atoms with van der Waals surface area (Å²) < 4.78 is 7.39. The molecule has 0 spiro atoms. The van der Waals surface area contributed by atoms with Crippen molar-refractivity contribution in [1.82, 2.24) is 20.1 Å². The van der Waals surface area contributed by atoms with Gasteiger partial charge in [0.15, 0.2) is 0 Å². The largest absolute Gasteiger partial charge is 0.491 e. The van der Waals surface area contributed by atoms with E-state index in [0.29, 0.717) is 23.0 Å². The number of aryl methyl sites for hydroxylation is 1. The summed E-state index contributed by atoms with van der Waals surface area (Å²) in [5, 5.41) is 10.3. The van der Waals surface area contributed by atoms with Crippen molar-refractivity contribution >= 4 is 23.3 Å². The molecule has 0 saturated heterocycles. The quantitative estimate of drug-likeness (QED) is 0.889. The van der Waals surface area contributed by atoms with Crippen LogP contribution in [0.15, 0.2) is 24.5 Å². The molecule has 0 aliphatic carbocycles. The highest BCUT2D eigenvalue weighted by Crippen LogP contribution is 2.27. The van der Waals surface area contributed by atoms with Crippen molar-refractivity contribution in [2.45, 2.75) is 45.4 Å². The fourth-order valence-electron chi connectivity index (χ4n) is 2.64. The fourth-order valence-corrected chi connectivity index (χ4v) is 2.86. The van der Waals surface area contributed by atoms with Crippen LogP contribution in [0.25, 0.3) is 0 Å². The number of hydrogen-bond acceptors (Lipinski definition) is 4. The van der Waals surface area contributed by atoms with Gasteiger partial charge in [0, 0.05) is 12.5 Å². The first kappa shape index (κ1) is 16.6. The highest BCUT2D eigenvalue weighted by Gasteiger charge is 2.21. The third-order valence-corrected chi connectivity index (χ3v) is 4.01. The smallest absolute Gasteiger partial charge is 0.319 e. The molecule has 7 nitrogen and oxygen atoms in total. The number of ether oxygens (including phenoxy) is 1. The molecule has 128 valence electrons. The molecule has 0 radical (unpaired) electrons. The van der Waals surface area contributed by atoms with Crippen LogP contribution in [0.1, 0.15) is 26.1 Å². The maximum Gasteiger partial charge on any atom is 0.319 e. The monoisotopic (exact) mass is 349 g/mol. The van der Waals surface area contributed by atoms with Crippen molar-refractivity contribution in [3.8, 4) is 5.75 Å². The minimum Gasteiger partial charge on any atom is -0.491 e. The van der Waals surface area contributed by atoms with E-state index in [0.717, 1.165) is 18.7 Å². The Labute approximate surface area is 145 Å². The van der Waals surface area contributed by atoms with E-state index in [1.165, 1.54) is 0 Å². The first-order valence-electron chi connectivity index (χ1n) is 7.91. The van der Waals surface area contributed by atoms with Gasteiger partial charge in [-0.1, -0.05) is 11.6 Å². The molecule has 1 aliphatic heterocycles. The average Bonchev–Trinajstić information content (AvgIpc) is 2.97. The number of nitrogens with one attached hydrogen (secondary N) is 2. The summed E-state index contributed by atoms with van der Waals surface area (Å²) in [6.45, 7) is 4.51. The van der Waals surface area contributed by atoms with Gasteiger partial charge in [0.2, 0.25) is 0 Å². The summed E-state index contributed by atoms with van der Waals surface area (Å²) in [7, 11) is 0. The van der Waals surface area contributed by atoms with Crippen LogP contribution >= 0.6 is 11.6 Å². The van der Waals surface area contributed by atoms with E-state index < -0.39 is 0 Å². The molecule has 0 bridgehead atoms. The van der Waals surface area contributed by atoms with Crippen LogP contribution in [0.2, 0.25) is 5.02 Å². The van der Waals surface area contributed by atoms with Crippen LogP contribution in [-0.4, -0.2) is 32.9 Å². The van der Waals surface area contributed by atoms with Gasteiger partial charge < -0.3 is 15.4 Å². The number of rotatable bonds is 4. The highest BCUT2D eigenvalue weighted by molar-refractivity contribution is 6.33. The fraction of sp³-hybridized carbons (Fsp3) is 0.438. The third kappa shape index (κ3) is 3.97. The molecule has 1 aliphatic rings. The molecule has 0 saturated carbocycles. The Morgan fingerprint density at radius 2 is 2.29 bits per heavy atom. The zero-order valence-electron chi connectivity index (χ0n) is 13.6. The molecule has 1 aromatic heterocycles. The van der Waals surface area contributed by atoms with E-state index in [1.807, 2.05) is 18.5 Å². The molecular weight excluding hydrogens is 330 g/mol. The Morgan fingerprint density at radius 3 is 3.04 bits per heavy atom. The summed E-state index contributed by atoms with van der Waals surface area (Å²) >= 11 is 6.21. The molecule has 1 aromatic carbocycles. The number of carbonyl (C=O) groups excluding carboxylic acids is 1. The number of halogens is 1. The van der Waals surface area contributed by atoms with Crippen molar-refractivity contribution < 1.29 is 9.53 Å². The zero-order valence-corrected chi connectivity index (χ0v) is 14.4. The van der Waals surface area contributed by atoms with Crippen LogP contribution in [0.4, 0.5) is 10.5 Å². The molecule has 2 aromatic rings. The van der Waals surface area contributed by atoms with Gasteiger partial charge in [0.05, 0.1) is 29.4 Å². The van der Waals surface area contributed by atoms with E-state index in [1.54, 1.807) is 24.5 Å². The maximum atomic E-state index is 12.2. The van der Waals surface area contributed by atoms with E-state index in [-0.39, 0.29) is 18.2 Å². The molecule has 3 rings (SSSR count). The Kier molecular flexibility index (Phi) is 4.89.